The van der Waals surface area contributed by atoms with E-state index in [1.807, 2.05) is 12.1 Å². The van der Waals surface area contributed by atoms with Gasteiger partial charge in [0.15, 0.2) is 0 Å². The molecule has 2 rings (SSSR count). The lowest BCUT2D eigenvalue weighted by Gasteiger charge is -2.11. The number of hydrogen-bond donors (Lipinski definition) is 1. The van der Waals surface area contributed by atoms with Crippen LogP contribution in [0.15, 0.2) is 24.3 Å². The highest BCUT2D eigenvalue weighted by Crippen LogP contribution is 2.23. The standard InChI is InChI=1S/C14H18ClNO3/c15-12-5-1-2-6-13(12)19-9-7-14(17)16-10-11-4-3-8-18-11/h1-2,5-6,11H,3-4,7-10H2,(H,16,17)/t11-/m0/s1. The quantitative estimate of drug-likeness (QED) is 0.872. The summed E-state index contributed by atoms with van der Waals surface area (Å²) in [4.78, 5) is 11.6. The minimum atomic E-state index is -0.0254. The van der Waals surface area contributed by atoms with Crippen molar-refractivity contribution in [3.63, 3.8) is 0 Å². The first-order chi connectivity index (χ1) is 9.25. The first kappa shape index (κ1) is 14.2. The zero-order chi connectivity index (χ0) is 13.5. The van der Waals surface area contributed by atoms with Gasteiger partial charge in [-0.05, 0) is 25.0 Å². The molecule has 1 aliphatic rings. The fourth-order valence-electron chi connectivity index (χ4n) is 1.94. The van der Waals surface area contributed by atoms with Crippen LogP contribution < -0.4 is 10.1 Å². The molecule has 0 radical (unpaired) electrons. The van der Waals surface area contributed by atoms with E-state index in [2.05, 4.69) is 5.32 Å². The average Bonchev–Trinajstić information content (AvgIpc) is 2.92. The van der Waals surface area contributed by atoms with Crippen molar-refractivity contribution in [3.05, 3.63) is 29.3 Å². The highest BCUT2D eigenvalue weighted by Gasteiger charge is 2.15. The second-order valence-corrected chi connectivity index (χ2v) is 4.88. The largest absolute Gasteiger partial charge is 0.491 e. The van der Waals surface area contributed by atoms with Crippen LogP contribution in [0.5, 0.6) is 5.75 Å². The van der Waals surface area contributed by atoms with Crippen LogP contribution in [0.2, 0.25) is 5.02 Å². The molecule has 1 atom stereocenters. The SMILES string of the molecule is O=C(CCOc1ccccc1Cl)NC[C@@H]1CCCO1. The summed E-state index contributed by atoms with van der Waals surface area (Å²) in [5.41, 5.74) is 0. The van der Waals surface area contributed by atoms with Gasteiger partial charge in [-0.3, -0.25) is 4.79 Å². The van der Waals surface area contributed by atoms with Crippen LogP contribution >= 0.6 is 11.6 Å². The number of para-hydroxylation sites is 1. The topological polar surface area (TPSA) is 47.6 Å². The van der Waals surface area contributed by atoms with Crippen molar-refractivity contribution in [1.29, 1.82) is 0 Å². The van der Waals surface area contributed by atoms with Crippen LogP contribution in [0, 0.1) is 0 Å². The van der Waals surface area contributed by atoms with E-state index >= 15 is 0 Å². The molecular formula is C14H18ClNO3. The molecular weight excluding hydrogens is 266 g/mol. The van der Waals surface area contributed by atoms with Gasteiger partial charge in [0.2, 0.25) is 5.91 Å². The van der Waals surface area contributed by atoms with E-state index in [1.165, 1.54) is 0 Å². The van der Waals surface area contributed by atoms with Gasteiger partial charge in [-0.15, -0.1) is 0 Å². The van der Waals surface area contributed by atoms with Crippen molar-refractivity contribution in [2.24, 2.45) is 0 Å². The van der Waals surface area contributed by atoms with E-state index in [0.29, 0.717) is 30.3 Å². The number of halogens is 1. The summed E-state index contributed by atoms with van der Waals surface area (Å²) in [6, 6.07) is 7.23. The predicted molar refractivity (Wildman–Crippen MR) is 73.5 cm³/mol. The zero-order valence-corrected chi connectivity index (χ0v) is 11.5. The second kappa shape index (κ2) is 7.36. The van der Waals surface area contributed by atoms with Crippen LogP contribution in [0.1, 0.15) is 19.3 Å². The molecule has 1 heterocycles. The summed E-state index contributed by atoms with van der Waals surface area (Å²) in [6.07, 6.45) is 2.60. The summed E-state index contributed by atoms with van der Waals surface area (Å²) in [5.74, 6) is 0.582. The molecule has 19 heavy (non-hydrogen) atoms. The molecule has 1 aliphatic heterocycles. The Balaban J connectivity index is 1.62. The van der Waals surface area contributed by atoms with Crippen molar-refractivity contribution in [1.82, 2.24) is 5.32 Å². The third-order valence-corrected chi connectivity index (χ3v) is 3.29. The number of amides is 1. The fraction of sp³-hybridized carbons (Fsp3) is 0.500. The maximum absolute atomic E-state index is 11.6. The fourth-order valence-corrected chi connectivity index (χ4v) is 2.13. The molecule has 1 N–H and O–H groups in total. The van der Waals surface area contributed by atoms with Crippen LogP contribution in [-0.4, -0.2) is 31.8 Å². The van der Waals surface area contributed by atoms with E-state index in [0.717, 1.165) is 19.4 Å². The molecule has 1 amide bonds. The third-order valence-electron chi connectivity index (χ3n) is 2.97. The van der Waals surface area contributed by atoms with Gasteiger partial charge < -0.3 is 14.8 Å². The minimum Gasteiger partial charge on any atom is -0.491 e. The van der Waals surface area contributed by atoms with Crippen LogP contribution in [0.4, 0.5) is 0 Å². The maximum Gasteiger partial charge on any atom is 0.223 e. The van der Waals surface area contributed by atoms with E-state index in [-0.39, 0.29) is 12.0 Å². The summed E-state index contributed by atoms with van der Waals surface area (Å²) >= 11 is 5.94. The molecule has 1 saturated heterocycles. The number of rotatable bonds is 6. The lowest BCUT2D eigenvalue weighted by atomic mass is 10.2. The second-order valence-electron chi connectivity index (χ2n) is 4.47. The van der Waals surface area contributed by atoms with Crippen molar-refractivity contribution >= 4 is 17.5 Å². The minimum absolute atomic E-state index is 0.0254. The van der Waals surface area contributed by atoms with Gasteiger partial charge in [0, 0.05) is 13.2 Å². The summed E-state index contributed by atoms with van der Waals surface area (Å²) in [5, 5.41) is 3.41. The Bertz CT molecular complexity index is 419. The molecule has 0 bridgehead atoms. The Morgan fingerprint density at radius 1 is 1.47 bits per heavy atom. The number of carbonyl (C=O) groups excluding carboxylic acids is 1. The molecule has 104 valence electrons. The van der Waals surface area contributed by atoms with Crippen molar-refractivity contribution in [2.75, 3.05) is 19.8 Å². The van der Waals surface area contributed by atoms with Crippen LogP contribution in [0.25, 0.3) is 0 Å². The van der Waals surface area contributed by atoms with Gasteiger partial charge in [-0.2, -0.15) is 0 Å². The number of benzene rings is 1. The molecule has 1 fully saturated rings. The highest BCUT2D eigenvalue weighted by molar-refractivity contribution is 6.32. The summed E-state index contributed by atoms with van der Waals surface area (Å²) < 4.78 is 10.9. The molecule has 0 saturated carbocycles. The van der Waals surface area contributed by atoms with Gasteiger partial charge in [-0.25, -0.2) is 0 Å². The van der Waals surface area contributed by atoms with E-state index in [1.54, 1.807) is 12.1 Å². The lowest BCUT2D eigenvalue weighted by molar-refractivity contribution is -0.122. The van der Waals surface area contributed by atoms with Gasteiger partial charge >= 0.3 is 0 Å². The predicted octanol–water partition coefficient (Wildman–Crippen LogP) is 2.40. The maximum atomic E-state index is 11.6. The van der Waals surface area contributed by atoms with Gasteiger partial charge in [0.25, 0.3) is 0 Å². The van der Waals surface area contributed by atoms with Crippen LogP contribution in [-0.2, 0) is 9.53 Å². The number of ether oxygens (including phenoxy) is 2. The monoisotopic (exact) mass is 283 g/mol. The normalized spacial score (nSPS) is 18.3. The molecule has 1 aromatic carbocycles. The smallest absolute Gasteiger partial charge is 0.223 e. The van der Waals surface area contributed by atoms with Crippen LogP contribution in [0.3, 0.4) is 0 Å². The van der Waals surface area contributed by atoms with Gasteiger partial charge in [0.05, 0.1) is 24.2 Å². The average molecular weight is 284 g/mol. The van der Waals surface area contributed by atoms with Gasteiger partial charge in [-0.1, -0.05) is 23.7 Å². The summed E-state index contributed by atoms with van der Waals surface area (Å²) in [6.45, 7) is 1.71. The third kappa shape index (κ3) is 4.73. The summed E-state index contributed by atoms with van der Waals surface area (Å²) in [7, 11) is 0. The first-order valence-electron chi connectivity index (χ1n) is 6.51. The van der Waals surface area contributed by atoms with Crippen molar-refractivity contribution in [3.8, 4) is 5.75 Å². The molecule has 1 aromatic rings. The Hall–Kier alpha value is -1.26. The molecule has 0 aliphatic carbocycles. The Kier molecular flexibility index (Phi) is 5.48. The van der Waals surface area contributed by atoms with Crippen molar-refractivity contribution < 1.29 is 14.3 Å². The number of nitrogens with one attached hydrogen (secondary N) is 1. The molecule has 0 aromatic heterocycles. The molecule has 5 heteroatoms. The van der Waals surface area contributed by atoms with E-state index in [9.17, 15) is 4.79 Å². The van der Waals surface area contributed by atoms with Crippen molar-refractivity contribution in [2.45, 2.75) is 25.4 Å². The number of carbonyl (C=O) groups is 1. The van der Waals surface area contributed by atoms with E-state index < -0.39 is 0 Å². The first-order valence-corrected chi connectivity index (χ1v) is 6.89. The Morgan fingerprint density at radius 3 is 3.05 bits per heavy atom. The molecule has 0 unspecified atom stereocenters. The van der Waals surface area contributed by atoms with E-state index in [4.69, 9.17) is 21.1 Å². The lowest BCUT2D eigenvalue weighted by Crippen LogP contribution is -2.32. The molecule has 0 spiro atoms. The molecule has 4 nitrogen and oxygen atoms in total. The van der Waals surface area contributed by atoms with Gasteiger partial charge in [0.1, 0.15) is 5.75 Å². The zero-order valence-electron chi connectivity index (χ0n) is 10.7. The number of hydrogen-bond acceptors (Lipinski definition) is 3. The highest BCUT2D eigenvalue weighted by atomic mass is 35.5. The Labute approximate surface area is 118 Å². The Morgan fingerprint density at radius 2 is 2.32 bits per heavy atom.